The van der Waals surface area contributed by atoms with Crippen molar-refractivity contribution in [1.29, 1.82) is 0 Å². The van der Waals surface area contributed by atoms with E-state index in [-0.39, 0.29) is 28.1 Å². The number of amides is 2. The summed E-state index contributed by atoms with van der Waals surface area (Å²) in [6, 6.07) is 3.97. The number of carbonyl (C=O) groups is 3. The van der Waals surface area contributed by atoms with Gasteiger partial charge >= 0.3 is 0 Å². The molecule has 7 heteroatoms. The highest BCUT2D eigenvalue weighted by Crippen LogP contribution is 2.52. The first-order chi connectivity index (χ1) is 10.8. The molecule has 1 aromatic carbocycles. The lowest BCUT2D eigenvalue weighted by Crippen LogP contribution is -2.38. The van der Waals surface area contributed by atoms with Gasteiger partial charge in [0.1, 0.15) is 0 Å². The summed E-state index contributed by atoms with van der Waals surface area (Å²) in [7, 11) is 0. The van der Waals surface area contributed by atoms with Gasteiger partial charge in [0.05, 0.1) is 35.2 Å². The van der Waals surface area contributed by atoms with Gasteiger partial charge in [0.2, 0.25) is 11.8 Å². The van der Waals surface area contributed by atoms with Crippen LogP contribution < -0.4 is 10.0 Å². The largest absolute Gasteiger partial charge is 0.545 e. The lowest BCUT2D eigenvalue weighted by Gasteiger charge is -2.24. The normalized spacial score (nSPS) is 34.3. The number of nitrogens with zero attached hydrogens (tertiary/aromatic N) is 1. The number of aromatic carboxylic acids is 1. The van der Waals surface area contributed by atoms with E-state index in [1.54, 1.807) is 13.0 Å². The second-order valence-electron chi connectivity index (χ2n) is 6.09. The Bertz CT molecular complexity index is 804. The van der Waals surface area contributed by atoms with Gasteiger partial charge in [-0.3, -0.25) is 9.59 Å². The number of fused-ring (bicyclic) bond motifs is 5. The van der Waals surface area contributed by atoms with Gasteiger partial charge < -0.3 is 14.6 Å². The Labute approximate surface area is 136 Å². The molecule has 3 aliphatic rings. The molecule has 3 heterocycles. The van der Waals surface area contributed by atoms with Crippen LogP contribution in [0.3, 0.4) is 0 Å². The van der Waals surface area contributed by atoms with E-state index in [0.29, 0.717) is 0 Å². The van der Waals surface area contributed by atoms with Crippen molar-refractivity contribution in [2.45, 2.75) is 18.6 Å². The van der Waals surface area contributed by atoms with Crippen molar-refractivity contribution in [3.63, 3.8) is 0 Å². The molecular formula is C16H11ClNO5-. The molecule has 1 aromatic rings. The SMILES string of the molecule is C[C@@]12C=C[C@H](O1)[C@H]1C(=O)N(c3ccc(Cl)c(C(=O)[O-])c3)C(=O)[C@@H]12. The number of carboxylic acids is 1. The molecule has 0 saturated carbocycles. The molecule has 2 saturated heterocycles. The van der Waals surface area contributed by atoms with Crippen molar-refractivity contribution in [2.75, 3.05) is 4.90 Å². The van der Waals surface area contributed by atoms with Gasteiger partial charge in [0.15, 0.2) is 0 Å². The highest BCUT2D eigenvalue weighted by atomic mass is 35.5. The van der Waals surface area contributed by atoms with Crippen LogP contribution in [0.15, 0.2) is 30.4 Å². The number of carboxylic acid groups (broad SMARTS) is 1. The minimum absolute atomic E-state index is 0.00919. The quantitative estimate of drug-likeness (QED) is 0.582. The lowest BCUT2D eigenvalue weighted by molar-refractivity contribution is -0.255. The number of hydrogen-bond acceptors (Lipinski definition) is 5. The lowest BCUT2D eigenvalue weighted by atomic mass is 9.78. The first kappa shape index (κ1) is 14.4. The Kier molecular flexibility index (Phi) is 2.77. The van der Waals surface area contributed by atoms with Gasteiger partial charge in [-0.05, 0) is 25.1 Å². The number of anilines is 1. The maximum atomic E-state index is 12.8. The zero-order chi connectivity index (χ0) is 16.5. The van der Waals surface area contributed by atoms with Crippen LogP contribution in [-0.4, -0.2) is 29.5 Å². The van der Waals surface area contributed by atoms with Crippen LogP contribution in [0.2, 0.25) is 5.02 Å². The van der Waals surface area contributed by atoms with Crippen LogP contribution in [0.5, 0.6) is 0 Å². The monoisotopic (exact) mass is 332 g/mol. The van der Waals surface area contributed by atoms with Crippen LogP contribution in [0, 0.1) is 11.8 Å². The zero-order valence-corrected chi connectivity index (χ0v) is 12.7. The molecule has 0 aromatic heterocycles. The number of rotatable bonds is 2. The van der Waals surface area contributed by atoms with Gasteiger partial charge in [0.25, 0.3) is 0 Å². The van der Waals surface area contributed by atoms with E-state index < -0.39 is 29.5 Å². The fraction of sp³-hybridized carbons (Fsp3) is 0.312. The Hall–Kier alpha value is -2.18. The predicted octanol–water partition coefficient (Wildman–Crippen LogP) is 0.536. The molecule has 0 radical (unpaired) electrons. The Morgan fingerprint density at radius 2 is 2.09 bits per heavy atom. The molecule has 0 aliphatic carbocycles. The van der Waals surface area contributed by atoms with Crippen molar-refractivity contribution >= 4 is 35.1 Å². The molecule has 4 rings (SSSR count). The topological polar surface area (TPSA) is 86.7 Å². The summed E-state index contributed by atoms with van der Waals surface area (Å²) in [6.45, 7) is 1.78. The number of imide groups is 1. The summed E-state index contributed by atoms with van der Waals surface area (Å²) in [6.07, 6.45) is 3.19. The van der Waals surface area contributed by atoms with Gasteiger partial charge in [-0.15, -0.1) is 0 Å². The molecule has 0 N–H and O–H groups in total. The molecule has 118 valence electrons. The smallest absolute Gasteiger partial charge is 0.241 e. The summed E-state index contributed by atoms with van der Waals surface area (Å²) in [4.78, 5) is 37.6. The number of halogens is 1. The summed E-state index contributed by atoms with van der Waals surface area (Å²) >= 11 is 5.81. The number of benzene rings is 1. The van der Waals surface area contributed by atoms with Gasteiger partial charge in [-0.2, -0.15) is 0 Å². The van der Waals surface area contributed by atoms with Crippen molar-refractivity contribution in [3.8, 4) is 0 Å². The molecule has 6 nitrogen and oxygen atoms in total. The average Bonchev–Trinajstić information content (AvgIpc) is 3.09. The van der Waals surface area contributed by atoms with E-state index >= 15 is 0 Å². The van der Waals surface area contributed by atoms with Crippen LogP contribution in [-0.2, 0) is 14.3 Å². The summed E-state index contributed by atoms with van der Waals surface area (Å²) in [5.74, 6) is -3.40. The molecule has 2 amide bonds. The first-order valence-corrected chi connectivity index (χ1v) is 7.47. The van der Waals surface area contributed by atoms with Crippen molar-refractivity contribution < 1.29 is 24.2 Å². The predicted molar refractivity (Wildman–Crippen MR) is 77.7 cm³/mol. The minimum Gasteiger partial charge on any atom is -0.545 e. The van der Waals surface area contributed by atoms with Crippen molar-refractivity contribution in [1.82, 2.24) is 0 Å². The third-order valence-corrected chi connectivity index (χ3v) is 5.09. The maximum Gasteiger partial charge on any atom is 0.241 e. The summed E-state index contributed by atoms with van der Waals surface area (Å²) in [5.41, 5.74) is -0.869. The number of hydrogen-bond donors (Lipinski definition) is 0. The van der Waals surface area contributed by atoms with E-state index in [0.717, 1.165) is 4.90 Å². The van der Waals surface area contributed by atoms with Crippen LogP contribution in [0.1, 0.15) is 17.3 Å². The van der Waals surface area contributed by atoms with E-state index in [1.165, 1.54) is 18.2 Å². The average molecular weight is 333 g/mol. The maximum absolute atomic E-state index is 12.8. The van der Waals surface area contributed by atoms with E-state index in [9.17, 15) is 19.5 Å². The molecule has 3 aliphatic heterocycles. The van der Waals surface area contributed by atoms with Crippen molar-refractivity contribution in [2.24, 2.45) is 11.8 Å². The molecule has 0 unspecified atom stereocenters. The van der Waals surface area contributed by atoms with Gasteiger partial charge in [0, 0.05) is 10.6 Å². The molecule has 4 atom stereocenters. The van der Waals surface area contributed by atoms with Gasteiger partial charge in [-0.25, -0.2) is 4.90 Å². The fourth-order valence-electron chi connectivity index (χ4n) is 3.72. The second kappa shape index (κ2) is 4.43. The third kappa shape index (κ3) is 1.76. The van der Waals surface area contributed by atoms with Crippen LogP contribution >= 0.6 is 11.6 Å². The minimum atomic E-state index is -1.46. The molecule has 23 heavy (non-hydrogen) atoms. The van der Waals surface area contributed by atoms with E-state index in [4.69, 9.17) is 16.3 Å². The highest BCUT2D eigenvalue weighted by Gasteiger charge is 2.66. The summed E-state index contributed by atoms with van der Waals surface area (Å²) < 4.78 is 5.73. The fourth-order valence-corrected chi connectivity index (χ4v) is 3.91. The van der Waals surface area contributed by atoms with Crippen LogP contribution in [0.25, 0.3) is 0 Å². The molecule has 2 fully saturated rings. The zero-order valence-electron chi connectivity index (χ0n) is 12.0. The Morgan fingerprint density at radius 1 is 1.35 bits per heavy atom. The summed E-state index contributed by atoms with van der Waals surface area (Å²) in [5, 5.41) is 11.1. The first-order valence-electron chi connectivity index (χ1n) is 7.09. The van der Waals surface area contributed by atoms with E-state index in [2.05, 4.69) is 0 Å². The standard InChI is InChI=1S/C16H12ClNO5/c1-16-5-4-10(23-16)11-12(16)14(20)18(13(11)19)7-2-3-9(17)8(6-7)15(21)22/h2-6,10-12H,1H3,(H,21,22)/p-1/t10-,11+,12+,16-/m0/s1. The second-order valence-corrected chi connectivity index (χ2v) is 6.50. The van der Waals surface area contributed by atoms with Crippen molar-refractivity contribution in [3.05, 3.63) is 40.9 Å². The van der Waals surface area contributed by atoms with Gasteiger partial charge in [-0.1, -0.05) is 23.8 Å². The number of carbonyl (C=O) groups excluding carboxylic acids is 3. The number of ether oxygens (including phenoxy) is 1. The van der Waals surface area contributed by atoms with E-state index in [1.807, 2.05) is 6.08 Å². The Balaban J connectivity index is 1.78. The molecule has 2 bridgehead atoms. The molecular weight excluding hydrogens is 322 g/mol. The van der Waals surface area contributed by atoms with Crippen LogP contribution in [0.4, 0.5) is 5.69 Å². The highest BCUT2D eigenvalue weighted by molar-refractivity contribution is 6.33. The Morgan fingerprint density at radius 3 is 2.74 bits per heavy atom. The molecule has 0 spiro atoms. The third-order valence-electron chi connectivity index (χ3n) is 4.76.